The molecule has 0 unspecified atom stereocenters. The van der Waals surface area contributed by atoms with Gasteiger partial charge in [0.1, 0.15) is 5.75 Å². The summed E-state index contributed by atoms with van der Waals surface area (Å²) in [6, 6.07) is 6.13. The van der Waals surface area contributed by atoms with Crippen LogP contribution in [0.15, 0.2) is 24.8 Å². The molecular weight excluding hydrogens is 184 g/mol. The standard InChI is InChI=1S/C14H19O/c1-5-10-15-14-9-7-8-13(11(3)4)12(14)6-2/h6-9H,2,5,10H2,1,3-4H3. The van der Waals surface area contributed by atoms with Gasteiger partial charge in [-0.15, -0.1) is 0 Å². The van der Waals surface area contributed by atoms with Crippen molar-refractivity contribution >= 4 is 6.08 Å². The molecule has 15 heavy (non-hydrogen) atoms. The van der Waals surface area contributed by atoms with Crippen molar-refractivity contribution in [3.8, 4) is 5.75 Å². The van der Waals surface area contributed by atoms with Crippen LogP contribution in [0.4, 0.5) is 0 Å². The van der Waals surface area contributed by atoms with Crippen LogP contribution >= 0.6 is 0 Å². The maximum atomic E-state index is 5.68. The van der Waals surface area contributed by atoms with Gasteiger partial charge in [-0.25, -0.2) is 0 Å². The van der Waals surface area contributed by atoms with Crippen molar-refractivity contribution in [3.63, 3.8) is 0 Å². The smallest absolute Gasteiger partial charge is 0.126 e. The first-order chi connectivity index (χ1) is 7.20. The first-order valence-corrected chi connectivity index (χ1v) is 5.39. The molecule has 0 spiro atoms. The van der Waals surface area contributed by atoms with Crippen LogP contribution in [-0.4, -0.2) is 6.61 Å². The Balaban J connectivity index is 3.04. The molecule has 0 aliphatic rings. The Morgan fingerprint density at radius 3 is 2.67 bits per heavy atom. The SMILES string of the molecule is C=Cc1c(OCCC)cccc1[C](C)C. The largest absolute Gasteiger partial charge is 0.493 e. The van der Waals surface area contributed by atoms with Crippen molar-refractivity contribution in [3.05, 3.63) is 41.8 Å². The maximum Gasteiger partial charge on any atom is 0.126 e. The lowest BCUT2D eigenvalue weighted by molar-refractivity contribution is 0.316. The van der Waals surface area contributed by atoms with Crippen LogP contribution in [0.2, 0.25) is 0 Å². The Bertz CT molecular complexity index is 326. The molecule has 81 valence electrons. The highest BCUT2D eigenvalue weighted by atomic mass is 16.5. The van der Waals surface area contributed by atoms with Crippen LogP contribution in [0.3, 0.4) is 0 Å². The van der Waals surface area contributed by atoms with E-state index in [1.807, 2.05) is 18.2 Å². The Labute approximate surface area is 92.8 Å². The van der Waals surface area contributed by atoms with Crippen LogP contribution in [0.5, 0.6) is 5.75 Å². The molecule has 1 nitrogen and oxygen atoms in total. The first kappa shape index (κ1) is 11.8. The zero-order chi connectivity index (χ0) is 11.3. The molecule has 0 bridgehead atoms. The van der Waals surface area contributed by atoms with Crippen molar-refractivity contribution < 1.29 is 4.74 Å². The molecular formula is C14H19O. The molecule has 0 saturated carbocycles. The van der Waals surface area contributed by atoms with E-state index in [1.54, 1.807) is 0 Å². The van der Waals surface area contributed by atoms with Crippen molar-refractivity contribution in [1.29, 1.82) is 0 Å². The third-order valence-corrected chi connectivity index (χ3v) is 2.27. The third kappa shape index (κ3) is 2.85. The molecule has 1 rings (SSSR count). The Morgan fingerprint density at radius 1 is 1.40 bits per heavy atom. The van der Waals surface area contributed by atoms with Crippen LogP contribution in [0.1, 0.15) is 38.3 Å². The normalized spacial score (nSPS) is 10.4. The molecule has 1 aromatic rings. The third-order valence-electron chi connectivity index (χ3n) is 2.27. The molecule has 0 aromatic heterocycles. The summed E-state index contributed by atoms with van der Waals surface area (Å²) in [7, 11) is 0. The van der Waals surface area contributed by atoms with Gasteiger partial charge in [0.15, 0.2) is 0 Å². The van der Waals surface area contributed by atoms with Gasteiger partial charge in [-0.2, -0.15) is 0 Å². The van der Waals surface area contributed by atoms with Gasteiger partial charge >= 0.3 is 0 Å². The summed E-state index contributed by atoms with van der Waals surface area (Å²) in [6.07, 6.45) is 2.89. The van der Waals surface area contributed by atoms with Crippen LogP contribution < -0.4 is 4.74 Å². The van der Waals surface area contributed by atoms with E-state index in [1.165, 1.54) is 11.5 Å². The van der Waals surface area contributed by atoms with Gasteiger partial charge in [0.2, 0.25) is 0 Å². The second-order valence-electron chi connectivity index (χ2n) is 3.77. The van der Waals surface area contributed by atoms with E-state index in [9.17, 15) is 0 Å². The highest BCUT2D eigenvalue weighted by Crippen LogP contribution is 2.28. The number of hydrogen-bond donors (Lipinski definition) is 0. The van der Waals surface area contributed by atoms with E-state index in [0.717, 1.165) is 24.3 Å². The number of rotatable bonds is 5. The minimum absolute atomic E-state index is 0.757. The average Bonchev–Trinajstić information content (AvgIpc) is 2.25. The summed E-state index contributed by atoms with van der Waals surface area (Å²) >= 11 is 0. The summed E-state index contributed by atoms with van der Waals surface area (Å²) in [6.45, 7) is 10.9. The van der Waals surface area contributed by atoms with E-state index in [4.69, 9.17) is 4.74 Å². The highest BCUT2D eigenvalue weighted by molar-refractivity contribution is 5.62. The van der Waals surface area contributed by atoms with Gasteiger partial charge in [0.25, 0.3) is 0 Å². The van der Waals surface area contributed by atoms with Crippen LogP contribution in [0.25, 0.3) is 6.08 Å². The lowest BCUT2D eigenvalue weighted by Crippen LogP contribution is -2.00. The van der Waals surface area contributed by atoms with Gasteiger partial charge < -0.3 is 4.74 Å². The van der Waals surface area contributed by atoms with E-state index < -0.39 is 0 Å². The second kappa shape index (κ2) is 5.59. The summed E-state index contributed by atoms with van der Waals surface area (Å²) in [5.41, 5.74) is 2.32. The summed E-state index contributed by atoms with van der Waals surface area (Å²) in [5, 5.41) is 0. The van der Waals surface area contributed by atoms with Crippen LogP contribution in [0, 0.1) is 5.92 Å². The molecule has 0 aliphatic heterocycles. The molecule has 0 amide bonds. The number of benzene rings is 1. The van der Waals surface area contributed by atoms with Crippen molar-refractivity contribution in [2.75, 3.05) is 6.61 Å². The van der Waals surface area contributed by atoms with Gasteiger partial charge in [-0.1, -0.05) is 45.6 Å². The molecule has 1 radical (unpaired) electrons. The zero-order valence-corrected chi connectivity index (χ0v) is 9.84. The maximum absolute atomic E-state index is 5.68. The fourth-order valence-electron chi connectivity index (χ4n) is 1.53. The molecule has 0 atom stereocenters. The Hall–Kier alpha value is -1.24. The van der Waals surface area contributed by atoms with Crippen molar-refractivity contribution in [1.82, 2.24) is 0 Å². The molecule has 0 heterocycles. The average molecular weight is 203 g/mol. The van der Waals surface area contributed by atoms with Gasteiger partial charge in [-0.05, 0) is 24.0 Å². The Morgan fingerprint density at radius 2 is 2.13 bits per heavy atom. The monoisotopic (exact) mass is 203 g/mol. The molecule has 1 aromatic carbocycles. The molecule has 0 N–H and O–H groups in total. The highest BCUT2D eigenvalue weighted by Gasteiger charge is 2.09. The predicted octanol–water partition coefficient (Wildman–Crippen LogP) is 4.08. The Kier molecular flexibility index (Phi) is 4.41. The zero-order valence-electron chi connectivity index (χ0n) is 9.84. The lowest BCUT2D eigenvalue weighted by Gasteiger charge is -2.14. The van der Waals surface area contributed by atoms with E-state index in [-0.39, 0.29) is 0 Å². The fourth-order valence-corrected chi connectivity index (χ4v) is 1.53. The number of hydrogen-bond acceptors (Lipinski definition) is 1. The van der Waals surface area contributed by atoms with Crippen LogP contribution in [-0.2, 0) is 0 Å². The van der Waals surface area contributed by atoms with Crippen molar-refractivity contribution in [2.24, 2.45) is 0 Å². The minimum atomic E-state index is 0.757. The summed E-state index contributed by atoms with van der Waals surface area (Å²) in [5.74, 6) is 2.22. The quantitative estimate of drug-likeness (QED) is 0.700. The minimum Gasteiger partial charge on any atom is -0.493 e. The molecule has 0 fully saturated rings. The van der Waals surface area contributed by atoms with Crippen molar-refractivity contribution in [2.45, 2.75) is 27.2 Å². The first-order valence-electron chi connectivity index (χ1n) is 5.39. The molecule has 0 saturated heterocycles. The summed E-state index contributed by atoms with van der Waals surface area (Å²) < 4.78 is 5.68. The summed E-state index contributed by atoms with van der Waals surface area (Å²) in [4.78, 5) is 0. The van der Waals surface area contributed by atoms with Gasteiger partial charge in [0, 0.05) is 5.56 Å². The lowest BCUT2D eigenvalue weighted by atomic mass is 9.96. The van der Waals surface area contributed by atoms with Gasteiger partial charge in [0.05, 0.1) is 6.61 Å². The predicted molar refractivity (Wildman–Crippen MR) is 66.0 cm³/mol. The second-order valence-corrected chi connectivity index (χ2v) is 3.77. The molecule has 1 heteroatoms. The fraction of sp³-hybridized carbons (Fsp3) is 0.357. The number of ether oxygens (including phenoxy) is 1. The van der Waals surface area contributed by atoms with Gasteiger partial charge in [-0.3, -0.25) is 0 Å². The van der Waals surface area contributed by atoms with E-state index in [2.05, 4.69) is 33.4 Å². The van der Waals surface area contributed by atoms with E-state index in [0.29, 0.717) is 0 Å². The van der Waals surface area contributed by atoms with E-state index >= 15 is 0 Å². The molecule has 0 aliphatic carbocycles. The topological polar surface area (TPSA) is 9.23 Å².